The molecular formula is C16H21N3O. The van der Waals surface area contributed by atoms with Crippen molar-refractivity contribution in [2.75, 3.05) is 0 Å². The Bertz CT molecular complexity index is 649. The third-order valence-corrected chi connectivity index (χ3v) is 4.28. The van der Waals surface area contributed by atoms with Crippen molar-refractivity contribution in [2.45, 2.75) is 45.2 Å². The minimum atomic E-state index is -0.0101. The Morgan fingerprint density at radius 1 is 1.35 bits per heavy atom. The zero-order chi connectivity index (χ0) is 13.9. The monoisotopic (exact) mass is 271 g/mol. The summed E-state index contributed by atoms with van der Waals surface area (Å²) in [5, 5.41) is 3.57. The summed E-state index contributed by atoms with van der Waals surface area (Å²) in [5.74, 6) is 0.713. The van der Waals surface area contributed by atoms with Crippen LogP contribution in [-0.2, 0) is 6.54 Å². The first kappa shape index (κ1) is 13.3. The number of hydrogen-bond acceptors (Lipinski definition) is 3. The van der Waals surface area contributed by atoms with Crippen molar-refractivity contribution in [2.24, 2.45) is 5.92 Å². The molecule has 0 radical (unpaired) electrons. The van der Waals surface area contributed by atoms with E-state index >= 15 is 0 Å². The molecular weight excluding hydrogens is 250 g/mol. The largest absolute Gasteiger partial charge is 0.308 e. The van der Waals surface area contributed by atoms with Crippen LogP contribution in [-0.4, -0.2) is 15.4 Å². The zero-order valence-corrected chi connectivity index (χ0v) is 11.9. The summed E-state index contributed by atoms with van der Waals surface area (Å²) in [4.78, 5) is 16.6. The summed E-state index contributed by atoms with van der Waals surface area (Å²) in [6.45, 7) is 2.98. The molecule has 0 saturated heterocycles. The molecule has 3 rings (SSSR count). The minimum absolute atomic E-state index is 0.0101. The van der Waals surface area contributed by atoms with Crippen LogP contribution in [0.2, 0.25) is 0 Å². The molecule has 20 heavy (non-hydrogen) atoms. The predicted octanol–water partition coefficient (Wildman–Crippen LogP) is 2.36. The summed E-state index contributed by atoms with van der Waals surface area (Å²) in [7, 11) is 0. The quantitative estimate of drug-likeness (QED) is 0.932. The van der Waals surface area contributed by atoms with Gasteiger partial charge in [-0.3, -0.25) is 9.20 Å². The maximum atomic E-state index is 12.0. The van der Waals surface area contributed by atoms with E-state index in [1.54, 1.807) is 16.7 Å². The summed E-state index contributed by atoms with van der Waals surface area (Å²) < 4.78 is 1.58. The van der Waals surface area contributed by atoms with E-state index in [-0.39, 0.29) is 5.56 Å². The molecule has 1 aliphatic carbocycles. The lowest BCUT2D eigenvalue weighted by atomic mass is 9.86. The van der Waals surface area contributed by atoms with Gasteiger partial charge in [0.15, 0.2) is 0 Å². The van der Waals surface area contributed by atoms with Crippen LogP contribution in [0, 0.1) is 5.92 Å². The molecule has 4 nitrogen and oxygen atoms in total. The van der Waals surface area contributed by atoms with Gasteiger partial charge in [-0.05, 0) is 30.9 Å². The Hall–Kier alpha value is -1.68. The smallest absolute Gasteiger partial charge is 0.258 e. The highest BCUT2D eigenvalue weighted by molar-refractivity contribution is 5.37. The number of nitrogens with zero attached hydrogens (tertiary/aromatic N) is 2. The van der Waals surface area contributed by atoms with E-state index in [9.17, 15) is 4.79 Å². The molecule has 1 aliphatic rings. The van der Waals surface area contributed by atoms with Crippen molar-refractivity contribution in [1.29, 1.82) is 0 Å². The van der Waals surface area contributed by atoms with E-state index in [0.717, 1.165) is 5.69 Å². The second kappa shape index (κ2) is 5.75. The minimum Gasteiger partial charge on any atom is -0.308 e. The van der Waals surface area contributed by atoms with E-state index in [1.807, 2.05) is 18.2 Å². The highest BCUT2D eigenvalue weighted by atomic mass is 16.1. The summed E-state index contributed by atoms with van der Waals surface area (Å²) in [6, 6.07) is 7.81. The fourth-order valence-electron chi connectivity index (χ4n) is 3.05. The molecule has 2 aromatic heterocycles. The number of fused-ring (bicyclic) bond motifs is 1. The number of pyridine rings is 1. The molecule has 4 heteroatoms. The zero-order valence-electron chi connectivity index (χ0n) is 11.9. The van der Waals surface area contributed by atoms with Gasteiger partial charge in [0.1, 0.15) is 5.65 Å². The molecule has 1 N–H and O–H groups in total. The van der Waals surface area contributed by atoms with Crippen LogP contribution in [0.15, 0.2) is 35.3 Å². The summed E-state index contributed by atoms with van der Waals surface area (Å²) in [6.07, 6.45) is 6.93. The molecule has 0 bridgehead atoms. The van der Waals surface area contributed by atoms with Gasteiger partial charge in [0.25, 0.3) is 5.56 Å². The highest BCUT2D eigenvalue weighted by Gasteiger charge is 2.20. The van der Waals surface area contributed by atoms with Gasteiger partial charge in [0.2, 0.25) is 0 Å². The Labute approximate surface area is 118 Å². The first-order valence-electron chi connectivity index (χ1n) is 7.45. The Morgan fingerprint density at radius 2 is 2.20 bits per heavy atom. The van der Waals surface area contributed by atoms with E-state index in [4.69, 9.17) is 0 Å². The van der Waals surface area contributed by atoms with Crippen molar-refractivity contribution < 1.29 is 0 Å². The van der Waals surface area contributed by atoms with E-state index in [1.165, 1.54) is 25.7 Å². The second-order valence-corrected chi connectivity index (χ2v) is 5.76. The molecule has 0 spiro atoms. The van der Waals surface area contributed by atoms with Crippen LogP contribution >= 0.6 is 0 Å². The van der Waals surface area contributed by atoms with Gasteiger partial charge in [0.05, 0.1) is 5.69 Å². The fraction of sp³-hybridized carbons (Fsp3) is 0.500. The molecule has 1 saturated carbocycles. The average molecular weight is 271 g/mol. The number of rotatable bonds is 3. The van der Waals surface area contributed by atoms with Crippen LogP contribution in [0.1, 0.15) is 38.3 Å². The lowest BCUT2D eigenvalue weighted by molar-refractivity contribution is 0.278. The van der Waals surface area contributed by atoms with E-state index in [2.05, 4.69) is 17.2 Å². The molecule has 2 aromatic rings. The van der Waals surface area contributed by atoms with Gasteiger partial charge in [0, 0.05) is 24.8 Å². The lowest BCUT2D eigenvalue weighted by Crippen LogP contribution is -2.37. The third-order valence-electron chi connectivity index (χ3n) is 4.28. The van der Waals surface area contributed by atoms with Crippen LogP contribution in [0.3, 0.4) is 0 Å². The van der Waals surface area contributed by atoms with E-state index < -0.39 is 0 Å². The lowest BCUT2D eigenvalue weighted by Gasteiger charge is -2.29. The van der Waals surface area contributed by atoms with Gasteiger partial charge in [-0.2, -0.15) is 0 Å². The van der Waals surface area contributed by atoms with Crippen molar-refractivity contribution in [3.63, 3.8) is 0 Å². The maximum absolute atomic E-state index is 12.0. The first-order valence-corrected chi connectivity index (χ1v) is 7.45. The van der Waals surface area contributed by atoms with Crippen LogP contribution in [0.4, 0.5) is 0 Å². The predicted molar refractivity (Wildman–Crippen MR) is 79.7 cm³/mol. The van der Waals surface area contributed by atoms with Crippen LogP contribution < -0.4 is 10.9 Å². The number of hydrogen-bond donors (Lipinski definition) is 1. The molecule has 1 fully saturated rings. The van der Waals surface area contributed by atoms with Crippen molar-refractivity contribution in [3.8, 4) is 0 Å². The van der Waals surface area contributed by atoms with Crippen molar-refractivity contribution in [1.82, 2.24) is 14.7 Å². The Morgan fingerprint density at radius 3 is 3.05 bits per heavy atom. The van der Waals surface area contributed by atoms with E-state index in [0.29, 0.717) is 24.2 Å². The third kappa shape index (κ3) is 2.75. The van der Waals surface area contributed by atoms with Gasteiger partial charge >= 0.3 is 0 Å². The van der Waals surface area contributed by atoms with Crippen molar-refractivity contribution in [3.05, 3.63) is 46.5 Å². The standard InChI is InChI=1S/C16H21N3O/c1-12-6-2-3-7-14(12)17-11-13-10-16(20)19-9-5-4-8-15(19)18-13/h4-5,8-10,12,14,17H,2-3,6-7,11H2,1H3. The average Bonchev–Trinajstić information content (AvgIpc) is 2.46. The van der Waals surface area contributed by atoms with Gasteiger partial charge in [-0.15, -0.1) is 0 Å². The highest BCUT2D eigenvalue weighted by Crippen LogP contribution is 2.23. The summed E-state index contributed by atoms with van der Waals surface area (Å²) >= 11 is 0. The maximum Gasteiger partial charge on any atom is 0.258 e. The number of nitrogens with one attached hydrogen (secondary N) is 1. The van der Waals surface area contributed by atoms with Crippen LogP contribution in [0.25, 0.3) is 5.65 Å². The van der Waals surface area contributed by atoms with Crippen molar-refractivity contribution >= 4 is 5.65 Å². The normalized spacial score (nSPS) is 23.1. The molecule has 0 amide bonds. The molecule has 0 aliphatic heterocycles. The van der Waals surface area contributed by atoms with Gasteiger partial charge < -0.3 is 5.32 Å². The Balaban J connectivity index is 1.76. The molecule has 106 valence electrons. The molecule has 2 heterocycles. The topological polar surface area (TPSA) is 46.4 Å². The first-order chi connectivity index (χ1) is 9.74. The molecule has 0 aromatic carbocycles. The molecule has 2 atom stereocenters. The summed E-state index contributed by atoms with van der Waals surface area (Å²) in [5.41, 5.74) is 1.54. The van der Waals surface area contributed by atoms with Gasteiger partial charge in [-0.1, -0.05) is 25.8 Å². The molecule has 2 unspecified atom stereocenters. The number of aromatic nitrogens is 2. The SMILES string of the molecule is CC1CCCCC1NCc1cc(=O)n2ccccc2n1. The fourth-order valence-corrected chi connectivity index (χ4v) is 3.05. The second-order valence-electron chi connectivity index (χ2n) is 5.76. The Kier molecular flexibility index (Phi) is 3.83. The van der Waals surface area contributed by atoms with Crippen LogP contribution in [0.5, 0.6) is 0 Å². The van der Waals surface area contributed by atoms with Gasteiger partial charge in [-0.25, -0.2) is 4.98 Å².